The van der Waals surface area contributed by atoms with Gasteiger partial charge in [-0.25, -0.2) is 4.39 Å². The predicted molar refractivity (Wildman–Crippen MR) is 72.8 cm³/mol. The lowest BCUT2D eigenvalue weighted by molar-refractivity contribution is 0.169. The Morgan fingerprint density at radius 3 is 2.83 bits per heavy atom. The zero-order chi connectivity index (χ0) is 13.2. The summed E-state index contributed by atoms with van der Waals surface area (Å²) < 4.78 is 13.1. The number of hydrogen-bond donors (Lipinski definition) is 1. The highest BCUT2D eigenvalue weighted by atomic mass is 19.1. The van der Waals surface area contributed by atoms with Crippen LogP contribution in [-0.4, -0.2) is 23.5 Å². The Labute approximate surface area is 109 Å². The highest BCUT2D eigenvalue weighted by Crippen LogP contribution is 2.29. The van der Waals surface area contributed by atoms with Crippen molar-refractivity contribution in [3.05, 3.63) is 35.6 Å². The molecule has 1 aliphatic rings. The summed E-state index contributed by atoms with van der Waals surface area (Å²) >= 11 is 0. The molecule has 2 N–H and O–H groups in total. The van der Waals surface area contributed by atoms with Crippen molar-refractivity contribution in [2.75, 3.05) is 13.1 Å². The van der Waals surface area contributed by atoms with Crippen LogP contribution in [0.2, 0.25) is 0 Å². The molecule has 2 nitrogen and oxygen atoms in total. The third kappa shape index (κ3) is 3.09. The monoisotopic (exact) mass is 250 g/mol. The van der Waals surface area contributed by atoms with E-state index in [1.807, 2.05) is 6.07 Å². The molecule has 0 radical (unpaired) electrons. The van der Waals surface area contributed by atoms with E-state index in [9.17, 15) is 4.39 Å². The summed E-state index contributed by atoms with van der Waals surface area (Å²) in [6.07, 6.45) is 3.40. The van der Waals surface area contributed by atoms with Crippen LogP contribution in [0.5, 0.6) is 0 Å². The Morgan fingerprint density at radius 2 is 2.22 bits per heavy atom. The highest BCUT2D eigenvalue weighted by molar-refractivity contribution is 5.19. The van der Waals surface area contributed by atoms with E-state index in [1.54, 1.807) is 12.1 Å². The van der Waals surface area contributed by atoms with Gasteiger partial charge in [0.25, 0.3) is 0 Å². The van der Waals surface area contributed by atoms with Crippen LogP contribution in [0.25, 0.3) is 0 Å². The number of halogens is 1. The van der Waals surface area contributed by atoms with Gasteiger partial charge in [0.1, 0.15) is 5.82 Å². The standard InChI is InChI=1S/C15H23FN2/c1-15(2)8-4-9-18(15)10-7-14(17)12-5-3-6-13(16)11-12/h3,5-6,11,14H,4,7-10,17H2,1-2H3. The van der Waals surface area contributed by atoms with Gasteiger partial charge >= 0.3 is 0 Å². The van der Waals surface area contributed by atoms with Crippen LogP contribution in [0.1, 0.15) is 44.7 Å². The maximum absolute atomic E-state index is 13.1. The maximum atomic E-state index is 13.1. The minimum atomic E-state index is -0.204. The smallest absolute Gasteiger partial charge is 0.123 e. The maximum Gasteiger partial charge on any atom is 0.123 e. The second-order valence-corrected chi connectivity index (χ2v) is 5.85. The lowest BCUT2D eigenvalue weighted by atomic mass is 10.0. The minimum Gasteiger partial charge on any atom is -0.324 e. The van der Waals surface area contributed by atoms with Crippen LogP contribution in [-0.2, 0) is 0 Å². The van der Waals surface area contributed by atoms with Crippen LogP contribution in [0.15, 0.2) is 24.3 Å². The Bertz CT molecular complexity index is 403. The van der Waals surface area contributed by atoms with Gasteiger partial charge < -0.3 is 5.73 Å². The lowest BCUT2D eigenvalue weighted by Gasteiger charge is -2.32. The van der Waals surface area contributed by atoms with Crippen molar-refractivity contribution in [3.8, 4) is 0 Å². The first kappa shape index (κ1) is 13.5. The van der Waals surface area contributed by atoms with Gasteiger partial charge in [-0.05, 0) is 57.4 Å². The van der Waals surface area contributed by atoms with E-state index in [0.717, 1.165) is 25.1 Å². The molecule has 3 heteroatoms. The van der Waals surface area contributed by atoms with Crippen molar-refractivity contribution in [2.45, 2.75) is 44.7 Å². The molecule has 2 rings (SSSR count). The Morgan fingerprint density at radius 1 is 1.44 bits per heavy atom. The molecule has 0 amide bonds. The molecule has 0 aliphatic carbocycles. The van der Waals surface area contributed by atoms with Crippen molar-refractivity contribution in [3.63, 3.8) is 0 Å². The zero-order valence-electron chi connectivity index (χ0n) is 11.3. The Kier molecular flexibility index (Phi) is 4.03. The van der Waals surface area contributed by atoms with Crippen LogP contribution >= 0.6 is 0 Å². The molecule has 100 valence electrons. The van der Waals surface area contributed by atoms with E-state index >= 15 is 0 Å². The molecular weight excluding hydrogens is 227 g/mol. The first-order valence-electron chi connectivity index (χ1n) is 6.75. The van der Waals surface area contributed by atoms with Gasteiger partial charge in [0.2, 0.25) is 0 Å². The number of hydrogen-bond acceptors (Lipinski definition) is 2. The lowest BCUT2D eigenvalue weighted by Crippen LogP contribution is -2.39. The van der Waals surface area contributed by atoms with E-state index in [4.69, 9.17) is 5.73 Å². The molecule has 1 fully saturated rings. The molecule has 0 saturated carbocycles. The molecule has 1 saturated heterocycles. The van der Waals surface area contributed by atoms with E-state index in [2.05, 4.69) is 18.7 Å². The van der Waals surface area contributed by atoms with Gasteiger partial charge in [0, 0.05) is 18.1 Å². The molecule has 1 unspecified atom stereocenters. The summed E-state index contributed by atoms with van der Waals surface area (Å²) in [6, 6.07) is 6.56. The average Bonchev–Trinajstić information content (AvgIpc) is 2.65. The van der Waals surface area contributed by atoms with Crippen molar-refractivity contribution in [1.82, 2.24) is 4.90 Å². The van der Waals surface area contributed by atoms with Gasteiger partial charge in [0.05, 0.1) is 0 Å². The van der Waals surface area contributed by atoms with Crippen molar-refractivity contribution in [2.24, 2.45) is 5.73 Å². The highest BCUT2D eigenvalue weighted by Gasteiger charge is 2.31. The van der Waals surface area contributed by atoms with Crippen molar-refractivity contribution in [1.29, 1.82) is 0 Å². The number of likely N-dealkylation sites (tertiary alicyclic amines) is 1. The van der Waals surface area contributed by atoms with Crippen LogP contribution < -0.4 is 5.73 Å². The van der Waals surface area contributed by atoms with E-state index in [1.165, 1.54) is 18.9 Å². The third-order valence-electron chi connectivity index (χ3n) is 4.06. The summed E-state index contributed by atoms with van der Waals surface area (Å²) in [6.45, 7) is 6.72. The Hall–Kier alpha value is -0.930. The summed E-state index contributed by atoms with van der Waals surface area (Å²) in [7, 11) is 0. The number of nitrogens with two attached hydrogens (primary N) is 1. The average molecular weight is 250 g/mol. The molecule has 18 heavy (non-hydrogen) atoms. The summed E-state index contributed by atoms with van der Waals surface area (Å²) in [5.74, 6) is -0.204. The van der Waals surface area contributed by atoms with Crippen LogP contribution in [0, 0.1) is 5.82 Å². The number of rotatable bonds is 4. The van der Waals surface area contributed by atoms with Gasteiger partial charge in [-0.15, -0.1) is 0 Å². The quantitative estimate of drug-likeness (QED) is 0.889. The molecule has 1 heterocycles. The molecular formula is C15H23FN2. The summed E-state index contributed by atoms with van der Waals surface area (Å²) in [5.41, 5.74) is 7.33. The molecule has 1 aromatic carbocycles. The van der Waals surface area contributed by atoms with E-state index < -0.39 is 0 Å². The number of nitrogens with zero attached hydrogens (tertiary/aromatic N) is 1. The SMILES string of the molecule is CC1(C)CCCN1CCC(N)c1cccc(F)c1. The fourth-order valence-corrected chi connectivity index (χ4v) is 2.78. The summed E-state index contributed by atoms with van der Waals surface area (Å²) in [4.78, 5) is 2.49. The van der Waals surface area contributed by atoms with E-state index in [0.29, 0.717) is 5.54 Å². The normalized spacial score (nSPS) is 21.1. The second-order valence-electron chi connectivity index (χ2n) is 5.85. The first-order chi connectivity index (χ1) is 8.49. The topological polar surface area (TPSA) is 29.3 Å². The fourth-order valence-electron chi connectivity index (χ4n) is 2.78. The zero-order valence-corrected chi connectivity index (χ0v) is 11.3. The van der Waals surface area contributed by atoms with Crippen molar-refractivity contribution >= 4 is 0 Å². The van der Waals surface area contributed by atoms with Crippen LogP contribution in [0.3, 0.4) is 0 Å². The largest absolute Gasteiger partial charge is 0.324 e. The second kappa shape index (κ2) is 5.37. The molecule has 0 aromatic heterocycles. The third-order valence-corrected chi connectivity index (χ3v) is 4.06. The molecule has 1 aromatic rings. The molecule has 0 bridgehead atoms. The van der Waals surface area contributed by atoms with Crippen molar-refractivity contribution < 1.29 is 4.39 Å². The van der Waals surface area contributed by atoms with Gasteiger partial charge in [-0.2, -0.15) is 0 Å². The first-order valence-corrected chi connectivity index (χ1v) is 6.75. The fraction of sp³-hybridized carbons (Fsp3) is 0.600. The number of benzene rings is 1. The minimum absolute atomic E-state index is 0.0721. The van der Waals surface area contributed by atoms with Gasteiger partial charge in [-0.1, -0.05) is 12.1 Å². The molecule has 1 atom stereocenters. The van der Waals surface area contributed by atoms with Gasteiger partial charge in [-0.3, -0.25) is 4.90 Å². The van der Waals surface area contributed by atoms with Gasteiger partial charge in [0.15, 0.2) is 0 Å². The molecule has 0 spiro atoms. The van der Waals surface area contributed by atoms with Crippen LogP contribution in [0.4, 0.5) is 4.39 Å². The summed E-state index contributed by atoms with van der Waals surface area (Å²) in [5, 5.41) is 0. The van der Waals surface area contributed by atoms with E-state index in [-0.39, 0.29) is 11.9 Å². The predicted octanol–water partition coefficient (Wildman–Crippen LogP) is 3.09. The Balaban J connectivity index is 1.90. The molecule has 1 aliphatic heterocycles.